The largest absolute Gasteiger partial charge is 0.481 e. The molecule has 0 unspecified atom stereocenters. The fraction of sp³-hybridized carbons (Fsp3) is 0.273. The SMILES string of the molecule is COc1ccc(CNCc2ccon2)cn1. The van der Waals surface area contributed by atoms with E-state index in [1.807, 2.05) is 18.2 Å². The molecule has 16 heavy (non-hydrogen) atoms. The highest BCUT2D eigenvalue weighted by Crippen LogP contribution is 2.06. The first kappa shape index (κ1) is 10.6. The summed E-state index contributed by atoms with van der Waals surface area (Å²) in [5, 5.41) is 7.04. The third kappa shape index (κ3) is 2.80. The van der Waals surface area contributed by atoms with Crippen molar-refractivity contribution < 1.29 is 9.26 Å². The van der Waals surface area contributed by atoms with Gasteiger partial charge < -0.3 is 14.6 Å². The lowest BCUT2D eigenvalue weighted by Crippen LogP contribution is -2.12. The van der Waals surface area contributed by atoms with E-state index in [1.54, 1.807) is 19.6 Å². The van der Waals surface area contributed by atoms with Crippen LogP contribution < -0.4 is 10.1 Å². The van der Waals surface area contributed by atoms with Crippen LogP contribution in [-0.4, -0.2) is 17.3 Å². The molecular weight excluding hydrogens is 206 g/mol. The van der Waals surface area contributed by atoms with Crippen LogP contribution in [0.2, 0.25) is 0 Å². The zero-order chi connectivity index (χ0) is 11.2. The molecule has 5 nitrogen and oxygen atoms in total. The Hall–Kier alpha value is -1.88. The standard InChI is InChI=1S/C11H13N3O2/c1-15-11-3-2-9(7-13-11)6-12-8-10-4-5-16-14-10/h2-5,7,12H,6,8H2,1H3. The van der Waals surface area contributed by atoms with E-state index in [9.17, 15) is 0 Å². The average Bonchev–Trinajstić information content (AvgIpc) is 2.83. The summed E-state index contributed by atoms with van der Waals surface area (Å²) in [4.78, 5) is 4.12. The van der Waals surface area contributed by atoms with Crippen LogP contribution in [0.5, 0.6) is 5.88 Å². The highest BCUT2D eigenvalue weighted by atomic mass is 16.5. The van der Waals surface area contributed by atoms with E-state index < -0.39 is 0 Å². The van der Waals surface area contributed by atoms with Crippen LogP contribution in [0.4, 0.5) is 0 Å². The van der Waals surface area contributed by atoms with Crippen molar-refractivity contribution in [3.05, 3.63) is 41.9 Å². The van der Waals surface area contributed by atoms with Gasteiger partial charge >= 0.3 is 0 Å². The predicted molar refractivity (Wildman–Crippen MR) is 57.8 cm³/mol. The molecule has 0 aliphatic carbocycles. The number of methoxy groups -OCH3 is 1. The van der Waals surface area contributed by atoms with E-state index in [4.69, 9.17) is 9.26 Å². The van der Waals surface area contributed by atoms with Crippen molar-refractivity contribution >= 4 is 0 Å². The van der Waals surface area contributed by atoms with Crippen molar-refractivity contribution in [1.82, 2.24) is 15.5 Å². The van der Waals surface area contributed by atoms with E-state index in [0.29, 0.717) is 12.4 Å². The normalized spacial score (nSPS) is 10.3. The average molecular weight is 219 g/mol. The monoisotopic (exact) mass is 219 g/mol. The van der Waals surface area contributed by atoms with Gasteiger partial charge in [-0.1, -0.05) is 11.2 Å². The van der Waals surface area contributed by atoms with Crippen molar-refractivity contribution in [2.45, 2.75) is 13.1 Å². The number of aromatic nitrogens is 2. The molecule has 0 aliphatic rings. The van der Waals surface area contributed by atoms with Gasteiger partial charge in [0.05, 0.1) is 12.8 Å². The maximum atomic E-state index is 4.98. The van der Waals surface area contributed by atoms with Gasteiger partial charge in [0, 0.05) is 31.4 Å². The Morgan fingerprint density at radius 3 is 2.88 bits per heavy atom. The molecule has 5 heteroatoms. The molecule has 0 aromatic carbocycles. The lowest BCUT2D eigenvalue weighted by Gasteiger charge is -2.03. The first-order chi connectivity index (χ1) is 7.88. The molecule has 0 saturated carbocycles. The van der Waals surface area contributed by atoms with Crippen molar-refractivity contribution in [3.8, 4) is 5.88 Å². The summed E-state index contributed by atoms with van der Waals surface area (Å²) in [7, 11) is 1.60. The number of nitrogens with zero attached hydrogens (tertiary/aromatic N) is 2. The van der Waals surface area contributed by atoms with Gasteiger partial charge in [0.2, 0.25) is 5.88 Å². The summed E-state index contributed by atoms with van der Waals surface area (Å²) in [5.41, 5.74) is 1.99. The highest BCUT2D eigenvalue weighted by molar-refractivity contribution is 5.17. The summed E-state index contributed by atoms with van der Waals surface area (Å²) >= 11 is 0. The fourth-order valence-electron chi connectivity index (χ4n) is 1.30. The predicted octanol–water partition coefficient (Wildman–Crippen LogP) is 1.37. The number of rotatable bonds is 5. The zero-order valence-corrected chi connectivity index (χ0v) is 9.01. The van der Waals surface area contributed by atoms with Gasteiger partial charge in [-0.15, -0.1) is 0 Å². The van der Waals surface area contributed by atoms with Gasteiger partial charge in [-0.05, 0) is 5.56 Å². The highest BCUT2D eigenvalue weighted by Gasteiger charge is 1.97. The molecular formula is C11H13N3O2. The Labute approximate surface area is 93.4 Å². The second-order valence-electron chi connectivity index (χ2n) is 3.30. The van der Waals surface area contributed by atoms with Gasteiger partial charge in [-0.2, -0.15) is 0 Å². The van der Waals surface area contributed by atoms with Crippen LogP contribution in [0.25, 0.3) is 0 Å². The van der Waals surface area contributed by atoms with Gasteiger partial charge in [-0.25, -0.2) is 4.98 Å². The number of pyridine rings is 1. The molecule has 0 fully saturated rings. The molecule has 2 aromatic heterocycles. The van der Waals surface area contributed by atoms with Crippen LogP contribution in [0.15, 0.2) is 35.2 Å². The molecule has 0 atom stereocenters. The molecule has 2 rings (SSSR count). The Bertz CT molecular complexity index is 411. The van der Waals surface area contributed by atoms with Gasteiger partial charge in [0.1, 0.15) is 6.26 Å². The van der Waals surface area contributed by atoms with Crippen LogP contribution in [0.3, 0.4) is 0 Å². The Kier molecular flexibility index (Phi) is 3.50. The van der Waals surface area contributed by atoms with Crippen molar-refractivity contribution in [3.63, 3.8) is 0 Å². The minimum atomic E-state index is 0.625. The van der Waals surface area contributed by atoms with Crippen molar-refractivity contribution in [2.24, 2.45) is 0 Å². The zero-order valence-electron chi connectivity index (χ0n) is 9.01. The summed E-state index contributed by atoms with van der Waals surface area (Å²) in [6.07, 6.45) is 3.35. The van der Waals surface area contributed by atoms with Crippen LogP contribution in [-0.2, 0) is 13.1 Å². The van der Waals surface area contributed by atoms with E-state index >= 15 is 0 Å². The first-order valence-corrected chi connectivity index (χ1v) is 4.97. The molecule has 0 spiro atoms. The summed E-state index contributed by atoms with van der Waals surface area (Å²) < 4.78 is 9.71. The fourth-order valence-corrected chi connectivity index (χ4v) is 1.30. The maximum Gasteiger partial charge on any atom is 0.212 e. The third-order valence-corrected chi connectivity index (χ3v) is 2.13. The van der Waals surface area contributed by atoms with Crippen LogP contribution in [0, 0.1) is 0 Å². The number of ether oxygens (including phenoxy) is 1. The van der Waals surface area contributed by atoms with E-state index in [1.165, 1.54) is 0 Å². The molecule has 0 bridgehead atoms. The quantitative estimate of drug-likeness (QED) is 0.822. The lowest BCUT2D eigenvalue weighted by atomic mass is 10.3. The number of nitrogens with one attached hydrogen (secondary N) is 1. The molecule has 0 radical (unpaired) electrons. The van der Waals surface area contributed by atoms with Crippen LogP contribution in [0.1, 0.15) is 11.3 Å². The molecule has 2 aromatic rings. The van der Waals surface area contributed by atoms with Gasteiger partial charge in [-0.3, -0.25) is 0 Å². The van der Waals surface area contributed by atoms with Gasteiger partial charge in [0.15, 0.2) is 0 Å². The van der Waals surface area contributed by atoms with Crippen molar-refractivity contribution in [1.29, 1.82) is 0 Å². The second kappa shape index (κ2) is 5.27. The summed E-state index contributed by atoms with van der Waals surface area (Å²) in [5.74, 6) is 0.625. The number of hydrogen-bond donors (Lipinski definition) is 1. The minimum absolute atomic E-state index is 0.625. The smallest absolute Gasteiger partial charge is 0.212 e. The first-order valence-electron chi connectivity index (χ1n) is 4.97. The molecule has 0 aliphatic heterocycles. The Morgan fingerprint density at radius 1 is 1.31 bits per heavy atom. The summed E-state index contributed by atoms with van der Waals surface area (Å²) in [6.45, 7) is 1.42. The molecule has 1 N–H and O–H groups in total. The van der Waals surface area contributed by atoms with E-state index in [-0.39, 0.29) is 0 Å². The molecule has 2 heterocycles. The van der Waals surface area contributed by atoms with E-state index in [2.05, 4.69) is 15.5 Å². The van der Waals surface area contributed by atoms with Crippen molar-refractivity contribution in [2.75, 3.05) is 7.11 Å². The Balaban J connectivity index is 1.81. The number of hydrogen-bond acceptors (Lipinski definition) is 5. The van der Waals surface area contributed by atoms with Crippen LogP contribution >= 0.6 is 0 Å². The maximum absolute atomic E-state index is 4.98. The van der Waals surface area contributed by atoms with E-state index in [0.717, 1.165) is 17.8 Å². The molecule has 0 amide bonds. The Morgan fingerprint density at radius 2 is 2.25 bits per heavy atom. The lowest BCUT2D eigenvalue weighted by molar-refractivity contribution is 0.397. The minimum Gasteiger partial charge on any atom is -0.481 e. The molecule has 0 saturated heterocycles. The topological polar surface area (TPSA) is 60.2 Å². The second-order valence-corrected chi connectivity index (χ2v) is 3.30. The third-order valence-electron chi connectivity index (χ3n) is 2.13. The molecule has 84 valence electrons. The summed E-state index contributed by atoms with van der Waals surface area (Å²) in [6, 6.07) is 5.65. The van der Waals surface area contributed by atoms with Gasteiger partial charge in [0.25, 0.3) is 0 Å².